The van der Waals surface area contributed by atoms with E-state index >= 15 is 0 Å². The second-order valence-electron chi connectivity index (χ2n) is 6.36. The van der Waals surface area contributed by atoms with Gasteiger partial charge in [-0.1, -0.05) is 5.16 Å². The number of oxime groups is 1. The molecule has 1 atom stereocenters. The second-order valence-corrected chi connectivity index (χ2v) is 6.36. The van der Waals surface area contributed by atoms with Crippen molar-refractivity contribution in [1.82, 2.24) is 9.38 Å². The summed E-state index contributed by atoms with van der Waals surface area (Å²) in [7, 11) is 0. The number of aromatic nitrogens is 2. The third kappa shape index (κ3) is 2.58. The smallest absolute Gasteiger partial charge is 0.170 e. The number of amidine groups is 1. The number of rotatable bonds is 2. The predicted octanol–water partition coefficient (Wildman–Crippen LogP) is 3.12. The summed E-state index contributed by atoms with van der Waals surface area (Å²) in [6, 6.07) is 4.94. The molecule has 26 heavy (non-hydrogen) atoms. The van der Waals surface area contributed by atoms with E-state index < -0.39 is 17.5 Å². The molecule has 1 aliphatic rings. The number of hydrogen-bond donors (Lipinski definition) is 2. The molecule has 5 nitrogen and oxygen atoms in total. The third-order valence-electron chi connectivity index (χ3n) is 4.86. The van der Waals surface area contributed by atoms with Gasteiger partial charge in [0.05, 0.1) is 5.69 Å². The zero-order valence-corrected chi connectivity index (χ0v) is 13.6. The number of nitrogens with zero attached hydrogens (tertiary/aromatic N) is 3. The van der Waals surface area contributed by atoms with E-state index in [0.717, 1.165) is 17.5 Å². The third-order valence-corrected chi connectivity index (χ3v) is 4.86. The van der Waals surface area contributed by atoms with Crippen molar-refractivity contribution in [3.05, 3.63) is 70.4 Å². The zero-order valence-electron chi connectivity index (χ0n) is 13.6. The molecule has 8 heteroatoms. The molecular weight excluding hydrogens is 345 g/mol. The van der Waals surface area contributed by atoms with Crippen LogP contribution >= 0.6 is 0 Å². The molecule has 0 spiro atoms. The van der Waals surface area contributed by atoms with Crippen LogP contribution in [0.1, 0.15) is 34.9 Å². The molecule has 134 valence electrons. The van der Waals surface area contributed by atoms with Crippen LogP contribution in [0.5, 0.6) is 0 Å². The van der Waals surface area contributed by atoms with Gasteiger partial charge in [-0.15, -0.1) is 0 Å². The van der Waals surface area contributed by atoms with Crippen LogP contribution in [0.25, 0.3) is 5.65 Å². The highest BCUT2D eigenvalue weighted by Crippen LogP contribution is 2.35. The number of halogens is 3. The number of nitrogens with two attached hydrogens (primary N) is 1. The van der Waals surface area contributed by atoms with E-state index in [0.29, 0.717) is 36.5 Å². The predicted molar refractivity (Wildman–Crippen MR) is 88.8 cm³/mol. The monoisotopic (exact) mass is 360 g/mol. The lowest BCUT2D eigenvalue weighted by Gasteiger charge is -2.22. The fourth-order valence-corrected chi connectivity index (χ4v) is 3.55. The molecule has 1 unspecified atom stereocenters. The minimum atomic E-state index is -1.19. The van der Waals surface area contributed by atoms with Gasteiger partial charge in [-0.25, -0.2) is 18.2 Å². The molecule has 0 saturated carbocycles. The maximum absolute atomic E-state index is 14.1. The van der Waals surface area contributed by atoms with Crippen molar-refractivity contribution in [1.29, 1.82) is 0 Å². The Labute approximate surface area is 146 Å². The fraction of sp³-hybridized carbons (Fsp3) is 0.222. The van der Waals surface area contributed by atoms with Crippen LogP contribution in [0.2, 0.25) is 0 Å². The van der Waals surface area contributed by atoms with Crippen molar-refractivity contribution in [2.45, 2.75) is 25.2 Å². The van der Waals surface area contributed by atoms with Gasteiger partial charge in [0.1, 0.15) is 11.5 Å². The topological polar surface area (TPSA) is 75.9 Å². The first kappa shape index (κ1) is 16.4. The molecular formula is C18H15F3N4O. The van der Waals surface area contributed by atoms with Crippen LogP contribution < -0.4 is 5.73 Å². The molecule has 0 saturated heterocycles. The van der Waals surface area contributed by atoms with Gasteiger partial charge in [0.2, 0.25) is 0 Å². The van der Waals surface area contributed by atoms with Crippen LogP contribution in [0.4, 0.5) is 13.2 Å². The molecule has 0 fully saturated rings. The van der Waals surface area contributed by atoms with Crippen molar-refractivity contribution in [3.8, 4) is 0 Å². The number of fused-ring (bicyclic) bond motifs is 3. The Balaban J connectivity index is 1.72. The van der Waals surface area contributed by atoms with Crippen molar-refractivity contribution in [3.63, 3.8) is 0 Å². The largest absolute Gasteiger partial charge is 0.409 e. The average Bonchev–Trinajstić information content (AvgIpc) is 3.00. The molecule has 0 aliphatic heterocycles. The van der Waals surface area contributed by atoms with Gasteiger partial charge in [0, 0.05) is 23.5 Å². The minimum absolute atomic E-state index is 0.0183. The number of pyridine rings is 1. The SMILES string of the molecule is N/C(=N\O)c1ccn2c3c(nc2c1)CC(c1cc(F)c(F)cc1F)CC3. The Morgan fingerprint density at radius 3 is 2.73 bits per heavy atom. The number of aryl methyl sites for hydroxylation is 1. The summed E-state index contributed by atoms with van der Waals surface area (Å²) in [4.78, 5) is 4.56. The van der Waals surface area contributed by atoms with Gasteiger partial charge in [-0.05, 0) is 48.9 Å². The normalized spacial score (nSPS) is 17.5. The molecule has 0 bridgehead atoms. The highest BCUT2D eigenvalue weighted by molar-refractivity contribution is 5.97. The Kier molecular flexibility index (Phi) is 3.82. The Morgan fingerprint density at radius 1 is 1.19 bits per heavy atom. The van der Waals surface area contributed by atoms with Crippen LogP contribution in [-0.2, 0) is 12.8 Å². The number of hydrogen-bond acceptors (Lipinski definition) is 3. The van der Waals surface area contributed by atoms with E-state index in [1.54, 1.807) is 18.3 Å². The molecule has 0 amide bonds. The summed E-state index contributed by atoms with van der Waals surface area (Å²) in [6.45, 7) is 0. The standard InChI is InChI=1S/C18H15F3N4O/c19-12-8-14(21)13(20)7-11(12)9-1-2-16-15(5-9)23-17-6-10(18(22)24-26)3-4-25(16)17/h3-4,6-9,26H,1-2,5H2,(H2,22,24). The number of imidazole rings is 1. The van der Waals surface area contributed by atoms with Crippen LogP contribution in [0.15, 0.2) is 35.6 Å². The quantitative estimate of drug-likeness (QED) is 0.242. The summed E-state index contributed by atoms with van der Waals surface area (Å²) >= 11 is 0. The Bertz CT molecular complexity index is 1040. The first-order valence-corrected chi connectivity index (χ1v) is 8.10. The lowest BCUT2D eigenvalue weighted by atomic mass is 9.84. The van der Waals surface area contributed by atoms with Crippen LogP contribution in [0.3, 0.4) is 0 Å². The van der Waals surface area contributed by atoms with E-state index in [-0.39, 0.29) is 17.3 Å². The lowest BCUT2D eigenvalue weighted by Crippen LogP contribution is -2.15. The second kappa shape index (κ2) is 6.05. The van der Waals surface area contributed by atoms with Crippen LogP contribution in [-0.4, -0.2) is 20.4 Å². The zero-order chi connectivity index (χ0) is 18.4. The van der Waals surface area contributed by atoms with E-state index in [1.807, 2.05) is 4.40 Å². The minimum Gasteiger partial charge on any atom is -0.409 e. The maximum Gasteiger partial charge on any atom is 0.170 e. The van der Waals surface area contributed by atoms with Gasteiger partial charge in [-0.2, -0.15) is 0 Å². The maximum atomic E-state index is 14.1. The van der Waals surface area contributed by atoms with Gasteiger partial charge in [0.15, 0.2) is 17.5 Å². The molecule has 0 radical (unpaired) electrons. The Morgan fingerprint density at radius 2 is 1.96 bits per heavy atom. The molecule has 3 aromatic rings. The molecule has 2 aromatic heterocycles. The van der Waals surface area contributed by atoms with E-state index in [4.69, 9.17) is 10.9 Å². The fourth-order valence-electron chi connectivity index (χ4n) is 3.55. The first-order valence-electron chi connectivity index (χ1n) is 8.10. The summed E-state index contributed by atoms with van der Waals surface area (Å²) in [5.74, 6) is -3.27. The highest BCUT2D eigenvalue weighted by atomic mass is 19.2. The van der Waals surface area contributed by atoms with Crippen molar-refractivity contribution in [2.24, 2.45) is 10.9 Å². The summed E-state index contributed by atoms with van der Waals surface area (Å²) < 4.78 is 42.7. The highest BCUT2D eigenvalue weighted by Gasteiger charge is 2.27. The van der Waals surface area contributed by atoms with Crippen molar-refractivity contribution >= 4 is 11.5 Å². The molecule has 2 heterocycles. The van der Waals surface area contributed by atoms with E-state index in [1.165, 1.54) is 0 Å². The van der Waals surface area contributed by atoms with Gasteiger partial charge < -0.3 is 15.3 Å². The van der Waals surface area contributed by atoms with Crippen molar-refractivity contribution < 1.29 is 18.4 Å². The average molecular weight is 360 g/mol. The first-order chi connectivity index (χ1) is 12.5. The molecule has 3 N–H and O–H groups in total. The summed E-state index contributed by atoms with van der Waals surface area (Å²) in [5.41, 5.74) is 8.71. The van der Waals surface area contributed by atoms with Gasteiger partial charge >= 0.3 is 0 Å². The summed E-state index contributed by atoms with van der Waals surface area (Å²) in [6.07, 6.45) is 3.44. The van der Waals surface area contributed by atoms with E-state index in [9.17, 15) is 13.2 Å². The lowest BCUT2D eigenvalue weighted by molar-refractivity contribution is 0.318. The molecule has 1 aliphatic carbocycles. The molecule has 1 aromatic carbocycles. The van der Waals surface area contributed by atoms with E-state index in [2.05, 4.69) is 10.1 Å². The van der Waals surface area contributed by atoms with Crippen LogP contribution in [0, 0.1) is 17.5 Å². The number of benzene rings is 1. The Hall–Kier alpha value is -3.03. The van der Waals surface area contributed by atoms with Gasteiger partial charge in [0.25, 0.3) is 0 Å². The van der Waals surface area contributed by atoms with Gasteiger partial charge in [-0.3, -0.25) is 0 Å². The summed E-state index contributed by atoms with van der Waals surface area (Å²) in [5, 5.41) is 11.8. The molecule has 4 rings (SSSR count). The van der Waals surface area contributed by atoms with Crippen molar-refractivity contribution in [2.75, 3.05) is 0 Å².